The van der Waals surface area contributed by atoms with E-state index in [1.807, 2.05) is 0 Å². The molecule has 3 N–H and O–H groups in total. The Balaban J connectivity index is 0.00000324. The Hall–Kier alpha value is -0.570. The zero-order valence-electron chi connectivity index (χ0n) is 11.7. The number of carbonyl (C=O) groups is 1. The molecule has 1 rings (SSSR count). The van der Waals surface area contributed by atoms with Gasteiger partial charge < -0.3 is 15.8 Å². The number of guanidine groups is 1. The zero-order chi connectivity index (χ0) is 13.4. The van der Waals surface area contributed by atoms with Crippen molar-refractivity contribution in [1.29, 1.82) is 0 Å². The molecular weight excluding hydrogens is 359 g/mol. The maximum atomic E-state index is 10.9. The second-order valence-electron chi connectivity index (χ2n) is 4.40. The van der Waals surface area contributed by atoms with Crippen LogP contribution in [0, 0.1) is 0 Å². The molecule has 1 unspecified atom stereocenters. The number of nitrogens with one attached hydrogen (secondary N) is 1. The quantitative estimate of drug-likeness (QED) is 0.303. The summed E-state index contributed by atoms with van der Waals surface area (Å²) >= 11 is 0. The van der Waals surface area contributed by atoms with Crippen LogP contribution in [0.25, 0.3) is 0 Å². The number of esters is 1. The fourth-order valence-electron chi connectivity index (χ4n) is 2.17. The number of aliphatic imine (C=N–C) groups is 1. The maximum absolute atomic E-state index is 10.9. The molecular formula is C12H25IN4O2. The largest absolute Gasteiger partial charge is 0.469 e. The number of methoxy groups -OCH3 is 1. The monoisotopic (exact) mass is 384 g/mol. The van der Waals surface area contributed by atoms with E-state index in [0.29, 0.717) is 25.0 Å². The fourth-order valence-corrected chi connectivity index (χ4v) is 2.17. The normalized spacial score (nSPS) is 19.9. The van der Waals surface area contributed by atoms with E-state index in [0.717, 1.165) is 19.6 Å². The molecule has 0 spiro atoms. The van der Waals surface area contributed by atoms with Crippen LogP contribution in [0.3, 0.4) is 0 Å². The summed E-state index contributed by atoms with van der Waals surface area (Å²) in [4.78, 5) is 17.6. The fraction of sp³-hybridized carbons (Fsp3) is 0.833. The molecule has 0 aromatic carbocycles. The van der Waals surface area contributed by atoms with Crippen molar-refractivity contribution in [2.75, 3.05) is 33.3 Å². The zero-order valence-corrected chi connectivity index (χ0v) is 14.1. The summed E-state index contributed by atoms with van der Waals surface area (Å²) in [5.74, 6) is 0.158. The first-order valence-corrected chi connectivity index (χ1v) is 6.52. The van der Waals surface area contributed by atoms with Crippen molar-refractivity contribution in [3.8, 4) is 0 Å². The van der Waals surface area contributed by atoms with E-state index in [2.05, 4.69) is 26.9 Å². The van der Waals surface area contributed by atoms with E-state index >= 15 is 0 Å². The molecule has 0 saturated carbocycles. The number of nitrogens with two attached hydrogens (primary N) is 1. The van der Waals surface area contributed by atoms with E-state index in [1.54, 1.807) is 0 Å². The Morgan fingerprint density at radius 3 is 2.95 bits per heavy atom. The number of carbonyl (C=O) groups excluding carboxylic acids is 1. The number of nitrogens with zero attached hydrogens (tertiary/aromatic N) is 2. The molecule has 0 radical (unpaired) electrons. The number of likely N-dealkylation sites (tertiary alicyclic amines) is 1. The molecule has 112 valence electrons. The standard InChI is InChI=1S/C12H24N4O2.HI/c1-3-16-8-4-5-10(16)9-15-12(13)14-7-6-11(17)18-2;/h10H,3-9H2,1-2H3,(H3,13,14,15);1H. The van der Waals surface area contributed by atoms with Gasteiger partial charge in [0.05, 0.1) is 20.1 Å². The summed E-state index contributed by atoms with van der Waals surface area (Å²) < 4.78 is 4.54. The molecule has 6 nitrogen and oxygen atoms in total. The predicted molar refractivity (Wildman–Crippen MR) is 86.8 cm³/mol. The first kappa shape index (κ1) is 18.4. The summed E-state index contributed by atoms with van der Waals surface area (Å²) in [7, 11) is 1.37. The average molecular weight is 384 g/mol. The van der Waals surface area contributed by atoms with E-state index in [1.165, 1.54) is 20.0 Å². The summed E-state index contributed by atoms with van der Waals surface area (Å²) in [6, 6.07) is 0.510. The molecule has 0 aromatic heterocycles. The Labute approximate surface area is 132 Å². The summed E-state index contributed by atoms with van der Waals surface area (Å²) in [5, 5.41) is 2.91. The van der Waals surface area contributed by atoms with Crippen LogP contribution >= 0.6 is 24.0 Å². The van der Waals surface area contributed by atoms with Crippen LogP contribution in [0.5, 0.6) is 0 Å². The van der Waals surface area contributed by atoms with Gasteiger partial charge in [-0.1, -0.05) is 6.92 Å². The number of hydrogen-bond acceptors (Lipinski definition) is 4. The molecule has 1 fully saturated rings. The van der Waals surface area contributed by atoms with E-state index in [-0.39, 0.29) is 29.9 Å². The number of hydrogen-bond donors (Lipinski definition) is 2. The average Bonchev–Trinajstić information content (AvgIpc) is 2.83. The predicted octanol–water partition coefficient (Wildman–Crippen LogP) is 0.556. The van der Waals surface area contributed by atoms with Crippen LogP contribution in [0.2, 0.25) is 0 Å². The minimum absolute atomic E-state index is 0. The Morgan fingerprint density at radius 2 is 2.32 bits per heavy atom. The molecule has 1 aliphatic rings. The van der Waals surface area contributed by atoms with Crippen LogP contribution < -0.4 is 11.1 Å². The Morgan fingerprint density at radius 1 is 1.58 bits per heavy atom. The third-order valence-electron chi connectivity index (χ3n) is 3.24. The van der Waals surface area contributed by atoms with Gasteiger partial charge >= 0.3 is 5.97 Å². The summed E-state index contributed by atoms with van der Waals surface area (Å²) in [6.45, 7) is 5.58. The van der Waals surface area contributed by atoms with Crippen LogP contribution in [0.15, 0.2) is 4.99 Å². The number of halogens is 1. The highest BCUT2D eigenvalue weighted by molar-refractivity contribution is 14.0. The number of likely N-dealkylation sites (N-methyl/N-ethyl adjacent to an activating group) is 1. The SMILES string of the molecule is CCN1CCCC1CN=C(N)NCCC(=O)OC.I. The molecule has 1 saturated heterocycles. The third-order valence-corrected chi connectivity index (χ3v) is 3.24. The van der Waals surface area contributed by atoms with Gasteiger partial charge in [0.1, 0.15) is 0 Å². The van der Waals surface area contributed by atoms with Gasteiger partial charge in [-0.3, -0.25) is 14.7 Å². The van der Waals surface area contributed by atoms with Crippen LogP contribution in [0.1, 0.15) is 26.2 Å². The lowest BCUT2D eigenvalue weighted by atomic mass is 10.2. The lowest BCUT2D eigenvalue weighted by molar-refractivity contribution is -0.140. The molecule has 0 aromatic rings. The van der Waals surface area contributed by atoms with Crippen molar-refractivity contribution in [1.82, 2.24) is 10.2 Å². The van der Waals surface area contributed by atoms with Gasteiger partial charge in [0, 0.05) is 12.6 Å². The van der Waals surface area contributed by atoms with Gasteiger partial charge in [-0.2, -0.15) is 0 Å². The van der Waals surface area contributed by atoms with Crippen LogP contribution in [0.4, 0.5) is 0 Å². The van der Waals surface area contributed by atoms with Gasteiger partial charge in [0.2, 0.25) is 0 Å². The summed E-state index contributed by atoms with van der Waals surface area (Å²) in [5.41, 5.74) is 5.73. The topological polar surface area (TPSA) is 80.0 Å². The lowest BCUT2D eigenvalue weighted by Crippen LogP contribution is -2.36. The highest BCUT2D eigenvalue weighted by Gasteiger charge is 2.22. The Bertz CT molecular complexity index is 299. The molecule has 19 heavy (non-hydrogen) atoms. The highest BCUT2D eigenvalue weighted by atomic mass is 127. The van der Waals surface area contributed by atoms with E-state index in [9.17, 15) is 4.79 Å². The van der Waals surface area contributed by atoms with Crippen molar-refractivity contribution in [2.45, 2.75) is 32.2 Å². The van der Waals surface area contributed by atoms with Crippen LogP contribution in [-0.2, 0) is 9.53 Å². The molecule has 0 amide bonds. The van der Waals surface area contributed by atoms with Gasteiger partial charge in [0.15, 0.2) is 5.96 Å². The first-order chi connectivity index (χ1) is 8.67. The van der Waals surface area contributed by atoms with Crippen LogP contribution in [-0.4, -0.2) is 56.2 Å². The van der Waals surface area contributed by atoms with Crippen molar-refractivity contribution < 1.29 is 9.53 Å². The highest BCUT2D eigenvalue weighted by Crippen LogP contribution is 2.16. The van der Waals surface area contributed by atoms with Gasteiger partial charge in [-0.25, -0.2) is 0 Å². The Kier molecular flexibility index (Phi) is 9.94. The molecule has 7 heteroatoms. The van der Waals surface area contributed by atoms with E-state index in [4.69, 9.17) is 5.73 Å². The molecule has 1 atom stereocenters. The first-order valence-electron chi connectivity index (χ1n) is 6.52. The van der Waals surface area contributed by atoms with E-state index < -0.39 is 0 Å². The lowest BCUT2D eigenvalue weighted by Gasteiger charge is -2.20. The van der Waals surface area contributed by atoms with Crippen molar-refractivity contribution in [2.24, 2.45) is 10.7 Å². The van der Waals surface area contributed by atoms with Crippen molar-refractivity contribution in [3.05, 3.63) is 0 Å². The minimum atomic E-state index is -0.247. The molecule has 0 aliphatic carbocycles. The van der Waals surface area contributed by atoms with Gasteiger partial charge in [-0.15, -0.1) is 24.0 Å². The minimum Gasteiger partial charge on any atom is -0.469 e. The van der Waals surface area contributed by atoms with Crippen molar-refractivity contribution >= 4 is 35.9 Å². The van der Waals surface area contributed by atoms with Crippen molar-refractivity contribution in [3.63, 3.8) is 0 Å². The second kappa shape index (κ2) is 10.2. The third kappa shape index (κ3) is 6.95. The smallest absolute Gasteiger partial charge is 0.307 e. The maximum Gasteiger partial charge on any atom is 0.307 e. The second-order valence-corrected chi connectivity index (χ2v) is 4.40. The number of ether oxygens (including phenoxy) is 1. The van der Waals surface area contributed by atoms with Gasteiger partial charge in [0.25, 0.3) is 0 Å². The summed E-state index contributed by atoms with van der Waals surface area (Å²) in [6.07, 6.45) is 2.73. The van der Waals surface area contributed by atoms with Gasteiger partial charge in [-0.05, 0) is 25.9 Å². The number of rotatable bonds is 6. The molecule has 0 bridgehead atoms. The molecule has 1 aliphatic heterocycles. The molecule has 1 heterocycles.